The number of hydrogen-bond donors (Lipinski definition) is 2. The predicted octanol–water partition coefficient (Wildman–Crippen LogP) is 0.774. The molecule has 1 aromatic rings. The van der Waals surface area contributed by atoms with Crippen LogP contribution in [0.5, 0.6) is 0 Å². The second kappa shape index (κ2) is 10.5. The van der Waals surface area contributed by atoms with E-state index in [1.165, 1.54) is 12.3 Å². The van der Waals surface area contributed by atoms with Gasteiger partial charge < -0.3 is 29.5 Å². The van der Waals surface area contributed by atoms with Gasteiger partial charge in [-0.25, -0.2) is 4.79 Å². The second-order valence-corrected chi connectivity index (χ2v) is 9.17. The number of nitrogens with zero attached hydrogens (tertiary/aromatic N) is 2. The first kappa shape index (κ1) is 23.2. The maximum absolute atomic E-state index is 12.1. The van der Waals surface area contributed by atoms with Crippen LogP contribution in [0.3, 0.4) is 0 Å². The van der Waals surface area contributed by atoms with Gasteiger partial charge in [0.1, 0.15) is 12.5 Å². The summed E-state index contributed by atoms with van der Waals surface area (Å²) >= 11 is 4.85. The fourth-order valence-corrected chi connectivity index (χ4v) is 3.84. The van der Waals surface area contributed by atoms with Crippen molar-refractivity contribution in [3.63, 3.8) is 0 Å². The summed E-state index contributed by atoms with van der Waals surface area (Å²) in [5, 5.41) is 9.62. The van der Waals surface area contributed by atoms with Crippen molar-refractivity contribution in [2.45, 2.75) is 52.6 Å². The monoisotopic (exact) mass is 408 g/mol. The molecule has 0 bridgehead atoms. The Bertz CT molecular complexity index is 669. The molecular formula is C15H27N3O6PS-. The molecule has 1 heterocycles. The number of nitrogen functional groups attached to an aromatic ring is 1. The molecule has 150 valence electrons. The van der Waals surface area contributed by atoms with Crippen LogP contribution in [-0.2, 0) is 25.6 Å². The molecule has 0 radical (unpaired) electrons. The molecule has 0 aliphatic heterocycles. The highest BCUT2D eigenvalue weighted by molar-refractivity contribution is 8.06. The topological polar surface area (TPSA) is 132 Å². The Balaban J connectivity index is 2.87. The van der Waals surface area contributed by atoms with E-state index in [0.29, 0.717) is 6.42 Å². The van der Waals surface area contributed by atoms with Crippen molar-refractivity contribution in [2.75, 3.05) is 18.9 Å². The summed E-state index contributed by atoms with van der Waals surface area (Å²) < 4.78 is 17.3. The largest absolute Gasteiger partial charge is 0.780 e. The number of anilines is 1. The van der Waals surface area contributed by atoms with Crippen LogP contribution in [0.1, 0.15) is 40.3 Å². The van der Waals surface area contributed by atoms with Crippen LogP contribution < -0.4 is 16.3 Å². The molecule has 0 saturated carbocycles. The molecule has 3 atom stereocenters. The van der Waals surface area contributed by atoms with Gasteiger partial charge in [-0.2, -0.15) is 4.98 Å². The van der Waals surface area contributed by atoms with Gasteiger partial charge in [-0.3, -0.25) is 4.57 Å². The average Bonchev–Trinajstić information content (AvgIpc) is 2.49. The molecule has 0 saturated heterocycles. The number of rotatable bonds is 11. The Labute approximate surface area is 158 Å². The Morgan fingerprint density at radius 2 is 2.08 bits per heavy atom. The third kappa shape index (κ3) is 8.22. The van der Waals surface area contributed by atoms with Gasteiger partial charge in [0.05, 0.1) is 25.4 Å². The molecule has 26 heavy (non-hydrogen) atoms. The van der Waals surface area contributed by atoms with Crippen molar-refractivity contribution in [3.05, 3.63) is 22.7 Å². The van der Waals surface area contributed by atoms with E-state index in [-0.39, 0.29) is 24.4 Å². The first-order valence-electron chi connectivity index (χ1n) is 8.29. The van der Waals surface area contributed by atoms with Gasteiger partial charge in [-0.15, -0.1) is 0 Å². The van der Waals surface area contributed by atoms with Crippen LogP contribution in [0.25, 0.3) is 0 Å². The molecule has 1 unspecified atom stereocenters. The summed E-state index contributed by atoms with van der Waals surface area (Å²) in [4.78, 5) is 27.7. The number of aliphatic hydroxyl groups is 1. The van der Waals surface area contributed by atoms with Crippen LogP contribution in [0.4, 0.5) is 5.82 Å². The van der Waals surface area contributed by atoms with Crippen molar-refractivity contribution in [1.82, 2.24) is 9.55 Å². The molecule has 0 spiro atoms. The van der Waals surface area contributed by atoms with E-state index in [4.69, 9.17) is 31.3 Å². The van der Waals surface area contributed by atoms with Gasteiger partial charge in [-0.1, -0.05) is 25.7 Å². The lowest BCUT2D eigenvalue weighted by Gasteiger charge is -2.32. The molecule has 0 fully saturated rings. The first-order valence-corrected chi connectivity index (χ1v) is 10.8. The number of nitrogens with two attached hydrogens (primary N) is 1. The fraction of sp³-hybridized carbons (Fsp3) is 0.733. The predicted molar refractivity (Wildman–Crippen MR) is 99.8 cm³/mol. The zero-order valence-electron chi connectivity index (χ0n) is 15.4. The molecule has 9 nitrogen and oxygen atoms in total. The standard InChI is InChI=1S/C15H28N3O6PS/c1-10(2)7-12(9-22-25(21,26)24-11(3)4)23-14(8-19)18-6-5-13(16)17-15(18)20/h5-6,10-12,14,19H,7-9H2,1-4H3,(H,21,26)(H2,16,17,20)/p-1/t12-,14-,25?/m1/s1. The van der Waals surface area contributed by atoms with Crippen LogP contribution in [0, 0.1) is 5.92 Å². The third-order valence-corrected chi connectivity index (χ3v) is 4.88. The van der Waals surface area contributed by atoms with Gasteiger partial charge in [0.2, 0.25) is 0 Å². The summed E-state index contributed by atoms with van der Waals surface area (Å²) in [5.74, 6) is 0.294. The number of aromatic nitrogens is 2. The molecule has 0 amide bonds. The molecule has 3 N–H and O–H groups in total. The van der Waals surface area contributed by atoms with Crippen molar-refractivity contribution in [1.29, 1.82) is 0 Å². The van der Waals surface area contributed by atoms with Gasteiger partial charge in [0, 0.05) is 6.20 Å². The Kier molecular flexibility index (Phi) is 9.32. The number of hydrogen-bond acceptors (Lipinski definition) is 9. The Morgan fingerprint density at radius 3 is 2.58 bits per heavy atom. The van der Waals surface area contributed by atoms with Gasteiger partial charge in [0.25, 0.3) is 0 Å². The minimum atomic E-state index is -3.64. The lowest BCUT2D eigenvalue weighted by Crippen LogP contribution is -2.35. The van der Waals surface area contributed by atoms with Gasteiger partial charge in [-0.05, 0) is 32.3 Å². The minimum absolute atomic E-state index is 0.0721. The average molecular weight is 408 g/mol. The van der Waals surface area contributed by atoms with Crippen LogP contribution in [0.15, 0.2) is 17.1 Å². The summed E-state index contributed by atoms with van der Waals surface area (Å²) in [6.45, 7) is 3.14. The third-order valence-electron chi connectivity index (χ3n) is 3.16. The van der Waals surface area contributed by atoms with Gasteiger partial charge >= 0.3 is 5.69 Å². The highest BCUT2D eigenvalue weighted by Gasteiger charge is 2.22. The zero-order valence-corrected chi connectivity index (χ0v) is 17.1. The van der Waals surface area contributed by atoms with Crippen LogP contribution in [0.2, 0.25) is 0 Å². The highest BCUT2D eigenvalue weighted by atomic mass is 32.5. The summed E-state index contributed by atoms with van der Waals surface area (Å²) in [6, 6.07) is 1.43. The normalized spacial score (nSPS) is 16.6. The van der Waals surface area contributed by atoms with E-state index in [1.54, 1.807) is 13.8 Å². The maximum Gasteiger partial charge on any atom is 0.351 e. The maximum atomic E-state index is 12.1. The van der Waals surface area contributed by atoms with E-state index >= 15 is 0 Å². The van der Waals surface area contributed by atoms with Crippen molar-refractivity contribution >= 4 is 24.3 Å². The SMILES string of the molecule is CC(C)C[C@H](COP([O-])(=S)OC(C)C)O[C@H](CO)n1ccc(N)nc1=O. The lowest BCUT2D eigenvalue weighted by molar-refractivity contribution is -0.213. The first-order chi connectivity index (χ1) is 12.0. The lowest BCUT2D eigenvalue weighted by atomic mass is 10.1. The smallest absolute Gasteiger partial charge is 0.351 e. The highest BCUT2D eigenvalue weighted by Crippen LogP contribution is 2.40. The van der Waals surface area contributed by atoms with E-state index in [0.717, 1.165) is 4.57 Å². The van der Waals surface area contributed by atoms with Crippen molar-refractivity contribution in [3.8, 4) is 0 Å². The van der Waals surface area contributed by atoms with Crippen LogP contribution >= 0.6 is 6.72 Å². The molecule has 1 rings (SSSR count). The summed E-state index contributed by atoms with van der Waals surface area (Å²) in [6.07, 6.45) is 0.0260. The molecular weight excluding hydrogens is 381 g/mol. The summed E-state index contributed by atoms with van der Waals surface area (Å²) in [5.41, 5.74) is 4.82. The van der Waals surface area contributed by atoms with Crippen LogP contribution in [-0.4, -0.2) is 40.1 Å². The molecule has 11 heteroatoms. The zero-order chi connectivity index (χ0) is 19.9. The Hall–Kier alpha value is -0.870. The molecule has 0 aliphatic carbocycles. The van der Waals surface area contributed by atoms with Gasteiger partial charge in [0.15, 0.2) is 6.23 Å². The van der Waals surface area contributed by atoms with E-state index in [2.05, 4.69) is 4.98 Å². The molecule has 0 aliphatic rings. The van der Waals surface area contributed by atoms with E-state index < -0.39 is 31.3 Å². The minimum Gasteiger partial charge on any atom is -0.780 e. The van der Waals surface area contributed by atoms with Crippen molar-refractivity contribution in [2.24, 2.45) is 5.92 Å². The second-order valence-electron chi connectivity index (χ2n) is 6.46. The molecule has 1 aromatic heterocycles. The quantitative estimate of drug-likeness (QED) is 0.510. The number of ether oxygens (including phenoxy) is 1. The molecule has 0 aromatic carbocycles. The van der Waals surface area contributed by atoms with E-state index in [1.807, 2.05) is 13.8 Å². The summed E-state index contributed by atoms with van der Waals surface area (Å²) in [7, 11) is 0. The van der Waals surface area contributed by atoms with E-state index in [9.17, 15) is 14.8 Å². The number of aliphatic hydroxyl groups excluding tert-OH is 1. The fourth-order valence-electron chi connectivity index (χ4n) is 2.22. The van der Waals surface area contributed by atoms with Crippen molar-refractivity contribution < 1.29 is 23.8 Å². The Morgan fingerprint density at radius 1 is 1.42 bits per heavy atom.